The zero-order valence-corrected chi connectivity index (χ0v) is 20.0. The van der Waals surface area contributed by atoms with Gasteiger partial charge in [0.1, 0.15) is 5.75 Å². The number of methoxy groups -OCH3 is 1. The summed E-state index contributed by atoms with van der Waals surface area (Å²) in [6, 6.07) is 21.5. The van der Waals surface area contributed by atoms with Crippen LogP contribution in [0.2, 0.25) is 0 Å². The summed E-state index contributed by atoms with van der Waals surface area (Å²) in [6.45, 7) is 2.49. The van der Waals surface area contributed by atoms with Gasteiger partial charge >= 0.3 is 0 Å². The van der Waals surface area contributed by atoms with Gasteiger partial charge in [-0.15, -0.1) is 0 Å². The predicted octanol–water partition coefficient (Wildman–Crippen LogP) is 5.25. The van der Waals surface area contributed by atoms with Crippen LogP contribution in [0.3, 0.4) is 0 Å². The van der Waals surface area contributed by atoms with Crippen LogP contribution in [0.4, 0.5) is 11.4 Å². The van der Waals surface area contributed by atoms with Gasteiger partial charge in [-0.3, -0.25) is 14.9 Å². The van der Waals surface area contributed by atoms with Crippen molar-refractivity contribution in [2.45, 2.75) is 6.92 Å². The molecule has 0 saturated carbocycles. The number of carbonyl (C=O) groups excluding carboxylic acids is 2. The molecule has 0 aromatic heterocycles. The number of rotatable bonds is 6. The Balaban J connectivity index is 1.62. The molecule has 164 valence electrons. The maximum Gasteiger partial charge on any atom is 0.258 e. The van der Waals surface area contributed by atoms with Crippen LogP contribution in [0.25, 0.3) is 0 Å². The number of amides is 2. The van der Waals surface area contributed by atoms with E-state index in [0.717, 1.165) is 5.69 Å². The van der Waals surface area contributed by atoms with E-state index in [4.69, 9.17) is 17.0 Å². The molecule has 0 aliphatic heterocycles. The first kappa shape index (κ1) is 23.4. The predicted molar refractivity (Wildman–Crippen MR) is 135 cm³/mol. The first-order chi connectivity index (χ1) is 15.4. The van der Waals surface area contributed by atoms with E-state index in [0.29, 0.717) is 33.6 Å². The van der Waals surface area contributed by atoms with Crippen molar-refractivity contribution >= 4 is 56.4 Å². The number of hydrogen-bond donors (Lipinski definition) is 2. The maximum absolute atomic E-state index is 12.9. The fraction of sp³-hybridized carbons (Fsp3) is 0.125. The number of hydrogen-bond acceptors (Lipinski definition) is 4. The van der Waals surface area contributed by atoms with Gasteiger partial charge in [0.15, 0.2) is 5.11 Å². The number of nitrogens with zero attached hydrogens (tertiary/aromatic N) is 1. The molecule has 8 heteroatoms. The number of anilines is 2. The zero-order chi connectivity index (χ0) is 23.1. The summed E-state index contributed by atoms with van der Waals surface area (Å²) < 4.78 is 5.84. The van der Waals surface area contributed by atoms with Crippen LogP contribution in [0.15, 0.2) is 77.3 Å². The molecule has 3 aromatic carbocycles. The largest absolute Gasteiger partial charge is 0.496 e. The van der Waals surface area contributed by atoms with Crippen LogP contribution < -0.4 is 20.3 Å². The molecule has 0 atom stereocenters. The highest BCUT2D eigenvalue weighted by atomic mass is 79.9. The van der Waals surface area contributed by atoms with Gasteiger partial charge in [-0.25, -0.2) is 0 Å². The molecule has 6 nitrogen and oxygen atoms in total. The minimum absolute atomic E-state index is 0.0915. The Morgan fingerprint density at radius 3 is 2.25 bits per heavy atom. The van der Waals surface area contributed by atoms with Gasteiger partial charge in [-0.2, -0.15) is 0 Å². The Morgan fingerprint density at radius 2 is 1.66 bits per heavy atom. The molecule has 2 N–H and O–H groups in total. The van der Waals surface area contributed by atoms with E-state index in [2.05, 4.69) is 26.6 Å². The van der Waals surface area contributed by atoms with Crippen molar-refractivity contribution < 1.29 is 14.3 Å². The molecule has 0 heterocycles. The molecule has 0 aliphatic rings. The molecule has 0 aliphatic carbocycles. The van der Waals surface area contributed by atoms with Crippen molar-refractivity contribution in [3.8, 4) is 5.75 Å². The second kappa shape index (κ2) is 10.9. The minimum atomic E-state index is -0.348. The van der Waals surface area contributed by atoms with Gasteiger partial charge in [-0.05, 0) is 89.7 Å². The van der Waals surface area contributed by atoms with Crippen molar-refractivity contribution in [3.63, 3.8) is 0 Å². The number of ether oxygens (including phenoxy) is 1. The third kappa shape index (κ3) is 5.72. The number of thiocarbonyl (C=S) groups is 1. The summed E-state index contributed by atoms with van der Waals surface area (Å²) >= 11 is 8.61. The van der Waals surface area contributed by atoms with Crippen LogP contribution in [-0.2, 0) is 0 Å². The minimum Gasteiger partial charge on any atom is -0.496 e. The maximum atomic E-state index is 12.9. The van der Waals surface area contributed by atoms with Gasteiger partial charge in [0.25, 0.3) is 11.8 Å². The molecule has 0 radical (unpaired) electrons. The number of halogens is 1. The highest BCUT2D eigenvalue weighted by Gasteiger charge is 2.16. The highest BCUT2D eigenvalue weighted by molar-refractivity contribution is 9.10. The number of nitrogens with one attached hydrogen (secondary N) is 2. The van der Waals surface area contributed by atoms with Crippen molar-refractivity contribution in [1.82, 2.24) is 5.32 Å². The molecular weight excluding hydrogens is 490 g/mol. The third-order valence-electron chi connectivity index (χ3n) is 4.66. The topological polar surface area (TPSA) is 70.7 Å². The molecule has 3 aromatic rings. The van der Waals surface area contributed by atoms with Gasteiger partial charge in [0.2, 0.25) is 0 Å². The van der Waals surface area contributed by atoms with E-state index >= 15 is 0 Å². The lowest BCUT2D eigenvalue weighted by atomic mass is 10.1. The number of benzene rings is 3. The lowest BCUT2D eigenvalue weighted by molar-refractivity contribution is 0.0973. The molecule has 0 saturated heterocycles. The van der Waals surface area contributed by atoms with Gasteiger partial charge in [0, 0.05) is 29.0 Å². The lowest BCUT2D eigenvalue weighted by Crippen LogP contribution is -2.34. The third-order valence-corrected chi connectivity index (χ3v) is 5.48. The highest BCUT2D eigenvalue weighted by Crippen LogP contribution is 2.25. The van der Waals surface area contributed by atoms with Crippen LogP contribution in [0.1, 0.15) is 27.6 Å². The summed E-state index contributed by atoms with van der Waals surface area (Å²) in [5.74, 6) is 0.191. The van der Waals surface area contributed by atoms with Gasteiger partial charge in [0.05, 0.1) is 11.6 Å². The van der Waals surface area contributed by atoms with Gasteiger partial charge in [-0.1, -0.05) is 18.2 Å². The molecule has 3 rings (SSSR count). The van der Waals surface area contributed by atoms with E-state index in [-0.39, 0.29) is 16.9 Å². The average Bonchev–Trinajstić information content (AvgIpc) is 2.80. The lowest BCUT2D eigenvalue weighted by Gasteiger charge is -2.21. The second-order valence-electron chi connectivity index (χ2n) is 6.72. The quantitative estimate of drug-likeness (QED) is 0.442. The van der Waals surface area contributed by atoms with E-state index in [9.17, 15) is 9.59 Å². The molecule has 32 heavy (non-hydrogen) atoms. The van der Waals surface area contributed by atoms with Crippen LogP contribution >= 0.6 is 28.1 Å². The Bertz CT molecular complexity index is 1120. The first-order valence-corrected chi connectivity index (χ1v) is 11.1. The molecule has 0 bridgehead atoms. The zero-order valence-electron chi connectivity index (χ0n) is 17.6. The van der Waals surface area contributed by atoms with E-state index in [1.807, 2.05) is 37.3 Å². The van der Waals surface area contributed by atoms with Crippen molar-refractivity contribution in [3.05, 3.63) is 88.4 Å². The number of carbonyl (C=O) groups is 2. The Morgan fingerprint density at radius 1 is 1.00 bits per heavy atom. The Hall–Kier alpha value is -3.23. The van der Waals surface area contributed by atoms with Crippen LogP contribution in [0.5, 0.6) is 5.75 Å². The van der Waals surface area contributed by atoms with Crippen molar-refractivity contribution in [2.24, 2.45) is 0 Å². The normalized spacial score (nSPS) is 10.2. The molecular formula is C24H22BrN3O3S. The summed E-state index contributed by atoms with van der Waals surface area (Å²) in [7, 11) is 1.55. The SMILES string of the molecule is CCN(C(=O)c1ccc(NC(=S)NC(=O)c2ccc(OC)c(Br)c2)cc1)c1ccccc1. The van der Waals surface area contributed by atoms with Crippen molar-refractivity contribution in [1.29, 1.82) is 0 Å². The fourth-order valence-corrected chi connectivity index (χ4v) is 3.80. The summed E-state index contributed by atoms with van der Waals surface area (Å²) in [5.41, 5.74) is 2.49. The first-order valence-electron chi connectivity index (χ1n) is 9.85. The summed E-state index contributed by atoms with van der Waals surface area (Å²) in [4.78, 5) is 27.0. The summed E-state index contributed by atoms with van der Waals surface area (Å²) in [5, 5.41) is 5.75. The molecule has 0 unspecified atom stereocenters. The second-order valence-corrected chi connectivity index (χ2v) is 7.98. The standard InChI is InChI=1S/C24H22BrN3O3S/c1-3-28(19-7-5-4-6-8-19)23(30)16-9-12-18(13-10-16)26-24(32)27-22(29)17-11-14-21(31-2)20(25)15-17/h4-15H,3H2,1-2H3,(H2,26,27,29,32). The molecule has 0 fully saturated rings. The molecule has 0 spiro atoms. The fourth-order valence-electron chi connectivity index (χ4n) is 3.05. The number of para-hydroxylation sites is 1. The Kier molecular flexibility index (Phi) is 7.97. The smallest absolute Gasteiger partial charge is 0.258 e. The molecule has 2 amide bonds. The van der Waals surface area contributed by atoms with Crippen LogP contribution in [-0.4, -0.2) is 30.6 Å². The average molecular weight is 512 g/mol. The monoisotopic (exact) mass is 511 g/mol. The van der Waals surface area contributed by atoms with E-state index in [1.54, 1.807) is 54.5 Å². The Labute approximate surface area is 200 Å². The van der Waals surface area contributed by atoms with E-state index in [1.165, 1.54) is 0 Å². The van der Waals surface area contributed by atoms with Crippen molar-refractivity contribution in [2.75, 3.05) is 23.9 Å². The van der Waals surface area contributed by atoms with E-state index < -0.39 is 0 Å². The van der Waals surface area contributed by atoms with Gasteiger partial charge < -0.3 is 15.0 Å². The summed E-state index contributed by atoms with van der Waals surface area (Å²) in [6.07, 6.45) is 0. The van der Waals surface area contributed by atoms with Crippen LogP contribution in [0, 0.1) is 0 Å².